The summed E-state index contributed by atoms with van der Waals surface area (Å²) in [4.78, 5) is 2.12. The summed E-state index contributed by atoms with van der Waals surface area (Å²) in [7, 11) is 2.02. The van der Waals surface area contributed by atoms with Gasteiger partial charge < -0.3 is 15.7 Å². The summed E-state index contributed by atoms with van der Waals surface area (Å²) < 4.78 is 0. The molecule has 0 aliphatic rings. The highest BCUT2D eigenvalue weighted by Crippen LogP contribution is 2.19. The number of hydrogen-bond donors (Lipinski definition) is 2. The lowest BCUT2D eigenvalue weighted by Crippen LogP contribution is -2.21. The van der Waals surface area contributed by atoms with E-state index in [1.165, 1.54) is 0 Å². The van der Waals surface area contributed by atoms with E-state index in [2.05, 4.69) is 11.0 Å². The largest absolute Gasteiger partial charge is 0.399 e. The SMILES string of the molecule is Cc1cc(N(C)CCC(C)O)ccc1N. The smallest absolute Gasteiger partial charge is 0.0528 e. The first-order valence-corrected chi connectivity index (χ1v) is 5.26. The van der Waals surface area contributed by atoms with Gasteiger partial charge in [0.15, 0.2) is 0 Å². The molecule has 3 heteroatoms. The maximum atomic E-state index is 9.20. The second-order valence-electron chi connectivity index (χ2n) is 4.10. The summed E-state index contributed by atoms with van der Waals surface area (Å²) in [6, 6.07) is 5.99. The molecular formula is C12H20N2O. The maximum Gasteiger partial charge on any atom is 0.0528 e. The van der Waals surface area contributed by atoms with Crippen molar-refractivity contribution in [3.05, 3.63) is 23.8 Å². The van der Waals surface area contributed by atoms with Gasteiger partial charge in [-0.15, -0.1) is 0 Å². The average molecular weight is 208 g/mol. The minimum atomic E-state index is -0.248. The van der Waals surface area contributed by atoms with Gasteiger partial charge in [0.2, 0.25) is 0 Å². The van der Waals surface area contributed by atoms with E-state index in [0.717, 1.165) is 29.9 Å². The molecule has 0 radical (unpaired) electrons. The van der Waals surface area contributed by atoms with E-state index < -0.39 is 0 Å². The van der Waals surface area contributed by atoms with Gasteiger partial charge in [0, 0.05) is 25.0 Å². The van der Waals surface area contributed by atoms with Gasteiger partial charge in [-0.05, 0) is 44.0 Å². The van der Waals surface area contributed by atoms with E-state index in [0.29, 0.717) is 0 Å². The molecule has 0 saturated carbocycles. The Kier molecular flexibility index (Phi) is 3.97. The van der Waals surface area contributed by atoms with Gasteiger partial charge in [-0.2, -0.15) is 0 Å². The van der Waals surface area contributed by atoms with Crippen molar-refractivity contribution in [1.82, 2.24) is 0 Å². The average Bonchev–Trinajstić information content (AvgIpc) is 2.18. The van der Waals surface area contributed by atoms with Crippen molar-refractivity contribution in [2.45, 2.75) is 26.4 Å². The zero-order valence-corrected chi connectivity index (χ0v) is 9.70. The molecule has 1 aromatic rings. The highest BCUT2D eigenvalue weighted by molar-refractivity contribution is 5.57. The van der Waals surface area contributed by atoms with E-state index in [4.69, 9.17) is 5.73 Å². The van der Waals surface area contributed by atoms with Crippen LogP contribution in [0.15, 0.2) is 18.2 Å². The van der Waals surface area contributed by atoms with Gasteiger partial charge in [0.1, 0.15) is 0 Å². The fraction of sp³-hybridized carbons (Fsp3) is 0.500. The Morgan fingerprint density at radius 3 is 2.67 bits per heavy atom. The molecule has 3 nitrogen and oxygen atoms in total. The number of aryl methyl sites for hydroxylation is 1. The molecule has 0 bridgehead atoms. The molecule has 1 aromatic carbocycles. The first-order valence-electron chi connectivity index (χ1n) is 5.26. The van der Waals surface area contributed by atoms with Crippen LogP contribution in [0.5, 0.6) is 0 Å². The van der Waals surface area contributed by atoms with E-state index in [1.807, 2.05) is 33.0 Å². The highest BCUT2D eigenvalue weighted by Gasteiger charge is 2.04. The molecule has 0 aliphatic carbocycles. The summed E-state index contributed by atoms with van der Waals surface area (Å²) in [5, 5.41) is 9.20. The molecule has 1 unspecified atom stereocenters. The number of nitrogen functional groups attached to an aromatic ring is 1. The lowest BCUT2D eigenvalue weighted by atomic mass is 10.1. The monoisotopic (exact) mass is 208 g/mol. The molecule has 0 aromatic heterocycles. The third-order valence-electron chi connectivity index (χ3n) is 2.58. The van der Waals surface area contributed by atoms with E-state index >= 15 is 0 Å². The quantitative estimate of drug-likeness (QED) is 0.742. The summed E-state index contributed by atoms with van der Waals surface area (Å²) in [5.74, 6) is 0. The van der Waals surface area contributed by atoms with Crippen LogP contribution < -0.4 is 10.6 Å². The molecule has 0 heterocycles. The van der Waals surface area contributed by atoms with Crippen molar-refractivity contribution in [3.8, 4) is 0 Å². The summed E-state index contributed by atoms with van der Waals surface area (Å²) in [5.41, 5.74) is 8.81. The zero-order valence-electron chi connectivity index (χ0n) is 9.70. The highest BCUT2D eigenvalue weighted by atomic mass is 16.3. The van der Waals surface area contributed by atoms with Crippen molar-refractivity contribution in [1.29, 1.82) is 0 Å². The van der Waals surface area contributed by atoms with Gasteiger partial charge >= 0.3 is 0 Å². The predicted molar refractivity (Wildman–Crippen MR) is 65.2 cm³/mol. The number of nitrogens with two attached hydrogens (primary N) is 1. The number of benzene rings is 1. The standard InChI is InChI=1S/C12H20N2O/c1-9-8-11(4-5-12(9)13)14(3)7-6-10(2)15/h4-5,8,10,15H,6-7,13H2,1-3H3. The summed E-state index contributed by atoms with van der Waals surface area (Å²) >= 11 is 0. The van der Waals surface area contributed by atoms with Gasteiger partial charge in [0.05, 0.1) is 6.10 Å². The molecule has 0 saturated heterocycles. The number of anilines is 2. The fourth-order valence-corrected chi connectivity index (χ4v) is 1.41. The van der Waals surface area contributed by atoms with Crippen LogP contribution in [0.4, 0.5) is 11.4 Å². The topological polar surface area (TPSA) is 49.5 Å². The molecule has 0 amide bonds. The minimum Gasteiger partial charge on any atom is -0.399 e. The number of rotatable bonds is 4. The third-order valence-corrected chi connectivity index (χ3v) is 2.58. The van der Waals surface area contributed by atoms with Crippen molar-refractivity contribution in [2.24, 2.45) is 0 Å². The molecule has 0 fully saturated rings. The Morgan fingerprint density at radius 2 is 2.13 bits per heavy atom. The first kappa shape index (κ1) is 11.9. The van der Waals surface area contributed by atoms with Crippen molar-refractivity contribution < 1.29 is 5.11 Å². The number of hydrogen-bond acceptors (Lipinski definition) is 3. The van der Waals surface area contributed by atoms with Crippen LogP contribution >= 0.6 is 0 Å². The van der Waals surface area contributed by atoms with E-state index in [-0.39, 0.29) is 6.10 Å². The molecule has 0 spiro atoms. The zero-order chi connectivity index (χ0) is 11.4. The van der Waals surface area contributed by atoms with Crippen LogP contribution in [-0.2, 0) is 0 Å². The second kappa shape index (κ2) is 5.03. The van der Waals surface area contributed by atoms with Gasteiger partial charge in [0.25, 0.3) is 0 Å². The minimum absolute atomic E-state index is 0.248. The normalized spacial score (nSPS) is 12.5. The van der Waals surface area contributed by atoms with Crippen molar-refractivity contribution in [2.75, 3.05) is 24.2 Å². The number of aliphatic hydroxyl groups is 1. The van der Waals surface area contributed by atoms with Crippen LogP contribution in [0.3, 0.4) is 0 Å². The Labute approximate surface area is 91.5 Å². The third kappa shape index (κ3) is 3.44. The summed E-state index contributed by atoms with van der Waals surface area (Å²) in [6.45, 7) is 4.66. The van der Waals surface area contributed by atoms with Crippen LogP contribution in [0, 0.1) is 6.92 Å². The van der Waals surface area contributed by atoms with Gasteiger partial charge in [-0.1, -0.05) is 0 Å². The molecule has 1 rings (SSSR count). The van der Waals surface area contributed by atoms with Crippen molar-refractivity contribution in [3.63, 3.8) is 0 Å². The Balaban J connectivity index is 2.65. The van der Waals surface area contributed by atoms with Crippen LogP contribution in [-0.4, -0.2) is 24.8 Å². The Hall–Kier alpha value is -1.22. The molecule has 0 aliphatic heterocycles. The Bertz CT molecular complexity index is 323. The van der Waals surface area contributed by atoms with Gasteiger partial charge in [-0.3, -0.25) is 0 Å². The second-order valence-corrected chi connectivity index (χ2v) is 4.10. The fourth-order valence-electron chi connectivity index (χ4n) is 1.41. The first-order chi connectivity index (χ1) is 7.00. The van der Waals surface area contributed by atoms with Crippen LogP contribution in [0.1, 0.15) is 18.9 Å². The molecule has 1 atom stereocenters. The summed E-state index contributed by atoms with van der Waals surface area (Å²) in [6.07, 6.45) is 0.530. The Morgan fingerprint density at radius 1 is 1.47 bits per heavy atom. The maximum absolute atomic E-state index is 9.20. The molecule has 15 heavy (non-hydrogen) atoms. The molecular weight excluding hydrogens is 188 g/mol. The van der Waals surface area contributed by atoms with E-state index in [1.54, 1.807) is 0 Å². The number of aliphatic hydroxyl groups excluding tert-OH is 1. The van der Waals surface area contributed by atoms with Gasteiger partial charge in [-0.25, -0.2) is 0 Å². The lowest BCUT2D eigenvalue weighted by Gasteiger charge is -2.20. The predicted octanol–water partition coefficient (Wildman–Crippen LogP) is 1.78. The van der Waals surface area contributed by atoms with Crippen LogP contribution in [0.2, 0.25) is 0 Å². The number of nitrogens with zero attached hydrogens (tertiary/aromatic N) is 1. The van der Waals surface area contributed by atoms with E-state index in [9.17, 15) is 5.11 Å². The molecule has 84 valence electrons. The van der Waals surface area contributed by atoms with Crippen LogP contribution in [0.25, 0.3) is 0 Å². The molecule has 3 N–H and O–H groups in total. The lowest BCUT2D eigenvalue weighted by molar-refractivity contribution is 0.187. The van der Waals surface area contributed by atoms with Crippen molar-refractivity contribution >= 4 is 11.4 Å².